The molecular weight excluding hydrogens is 552 g/mol. The van der Waals surface area contributed by atoms with Crippen LogP contribution in [-0.2, 0) is 0 Å². The second kappa shape index (κ2) is 11.6. The van der Waals surface area contributed by atoms with Gasteiger partial charge in [0.25, 0.3) is 0 Å². The normalized spacial score (nSPS) is 10.0. The molecular formula is C27H20ErN2O2. The van der Waals surface area contributed by atoms with Gasteiger partial charge in [-0.05, 0) is 24.3 Å². The molecule has 0 bridgehead atoms. The molecule has 0 saturated carbocycles. The standard InChI is InChI=1S/C15H12O2.C12H8N2.Er/c16-14(12-7-3-1-4-8-12)11-15(17)13-9-5-2-6-10-13;1-3-9-5-6-11-10(4-2-7-13-11)12(9)14-8-1;/h1-10H,11H2;1-8H;. The predicted octanol–water partition coefficient (Wildman–Crippen LogP) is 5.93. The van der Waals surface area contributed by atoms with Gasteiger partial charge in [0.2, 0.25) is 0 Å². The Kier molecular flexibility index (Phi) is 8.61. The van der Waals surface area contributed by atoms with E-state index in [9.17, 15) is 9.59 Å². The molecule has 0 N–H and O–H groups in total. The molecule has 162 valence electrons. The van der Waals surface area contributed by atoms with E-state index in [1.807, 2.05) is 36.5 Å². The number of hydrogen-bond donors (Lipinski definition) is 0. The van der Waals surface area contributed by atoms with Crippen LogP contribution in [0.5, 0.6) is 0 Å². The number of ketones is 2. The summed E-state index contributed by atoms with van der Waals surface area (Å²) in [5.74, 6) is -0.279. The third-order valence-electron chi connectivity index (χ3n) is 4.87. The number of fused-ring (bicyclic) bond motifs is 3. The molecule has 5 aromatic rings. The quantitative estimate of drug-likeness (QED) is 0.153. The number of Topliss-reactive ketones (excluding diaryl/α,β-unsaturated/α-hetero) is 2. The zero-order valence-corrected chi connectivity index (χ0v) is 19.0. The van der Waals surface area contributed by atoms with Crippen LogP contribution in [-0.4, -0.2) is 21.5 Å². The van der Waals surface area contributed by atoms with Crippen LogP contribution in [0.1, 0.15) is 27.1 Å². The summed E-state index contributed by atoms with van der Waals surface area (Å²) in [6.45, 7) is 0. The first-order valence-corrected chi connectivity index (χ1v) is 9.97. The van der Waals surface area contributed by atoms with Gasteiger partial charge in [-0.3, -0.25) is 19.6 Å². The van der Waals surface area contributed by atoms with E-state index in [2.05, 4.69) is 28.2 Å². The molecule has 0 aliphatic heterocycles. The van der Waals surface area contributed by atoms with E-state index in [-0.39, 0.29) is 55.3 Å². The molecule has 0 amide bonds. The molecule has 5 rings (SSSR count). The molecule has 0 aliphatic rings. The van der Waals surface area contributed by atoms with Crippen molar-refractivity contribution < 1.29 is 46.9 Å². The number of pyridine rings is 2. The van der Waals surface area contributed by atoms with Crippen LogP contribution in [0.15, 0.2) is 109 Å². The van der Waals surface area contributed by atoms with Gasteiger partial charge in [-0.1, -0.05) is 72.8 Å². The molecule has 0 saturated heterocycles. The summed E-state index contributed by atoms with van der Waals surface area (Å²) >= 11 is 0. The van der Waals surface area contributed by atoms with E-state index in [1.54, 1.807) is 54.7 Å². The van der Waals surface area contributed by atoms with E-state index in [4.69, 9.17) is 0 Å². The van der Waals surface area contributed by atoms with Crippen LogP contribution in [0.3, 0.4) is 0 Å². The Balaban J connectivity index is 0.000000178. The van der Waals surface area contributed by atoms with Gasteiger partial charge < -0.3 is 0 Å². The monoisotopic (exact) mass is 570 g/mol. The van der Waals surface area contributed by atoms with Gasteiger partial charge in [-0.15, -0.1) is 0 Å². The van der Waals surface area contributed by atoms with Gasteiger partial charge in [-0.2, -0.15) is 0 Å². The van der Waals surface area contributed by atoms with Crippen molar-refractivity contribution in [2.75, 3.05) is 0 Å². The molecule has 0 aliphatic carbocycles. The molecule has 0 unspecified atom stereocenters. The largest absolute Gasteiger partial charge is 0.294 e. The maximum absolute atomic E-state index is 11.8. The molecule has 2 heterocycles. The van der Waals surface area contributed by atoms with Crippen molar-refractivity contribution in [1.82, 2.24) is 9.97 Å². The van der Waals surface area contributed by atoms with E-state index in [1.165, 1.54) is 0 Å². The number of nitrogens with zero attached hydrogens (tertiary/aromatic N) is 2. The van der Waals surface area contributed by atoms with Gasteiger partial charge in [0.05, 0.1) is 17.5 Å². The second-order valence-electron chi connectivity index (χ2n) is 6.97. The maximum atomic E-state index is 11.8. The number of benzene rings is 3. The molecule has 0 radical (unpaired) electrons. The Labute approximate surface area is 215 Å². The maximum Gasteiger partial charge on any atom is 0.170 e. The van der Waals surface area contributed by atoms with Crippen LogP contribution in [0.25, 0.3) is 21.8 Å². The van der Waals surface area contributed by atoms with Crippen molar-refractivity contribution in [3.8, 4) is 0 Å². The van der Waals surface area contributed by atoms with Crippen molar-refractivity contribution in [2.45, 2.75) is 6.42 Å². The summed E-state index contributed by atoms with van der Waals surface area (Å²) < 4.78 is 0. The van der Waals surface area contributed by atoms with Gasteiger partial charge in [0.15, 0.2) is 11.6 Å². The third kappa shape index (κ3) is 5.85. The number of carbonyl (C=O) groups is 2. The van der Waals surface area contributed by atoms with Gasteiger partial charge in [-0.25, -0.2) is 0 Å². The van der Waals surface area contributed by atoms with Crippen molar-refractivity contribution in [2.24, 2.45) is 0 Å². The van der Waals surface area contributed by atoms with E-state index >= 15 is 0 Å². The Bertz CT molecular complexity index is 1240. The van der Waals surface area contributed by atoms with Crippen LogP contribution >= 0.6 is 0 Å². The number of hydrogen-bond acceptors (Lipinski definition) is 4. The van der Waals surface area contributed by atoms with Crippen LogP contribution < -0.4 is 0 Å². The molecule has 32 heavy (non-hydrogen) atoms. The van der Waals surface area contributed by atoms with E-state index in [0.29, 0.717) is 11.1 Å². The molecule has 3 aromatic carbocycles. The second-order valence-corrected chi connectivity index (χ2v) is 6.97. The zero-order valence-electron chi connectivity index (χ0n) is 17.1. The summed E-state index contributed by atoms with van der Waals surface area (Å²) in [5.41, 5.74) is 3.19. The summed E-state index contributed by atoms with van der Waals surface area (Å²) in [6.07, 6.45) is 3.54. The van der Waals surface area contributed by atoms with Crippen molar-refractivity contribution in [1.29, 1.82) is 0 Å². The Morgan fingerprint density at radius 1 is 0.594 bits per heavy atom. The molecule has 2 aromatic heterocycles. The summed E-state index contributed by atoms with van der Waals surface area (Å²) in [5, 5.41) is 2.28. The SMILES string of the molecule is O=C(CC(=O)c1ccccc1)c1ccccc1.[Er].c1cnc2c(c1)ccc1ncccc12. The Morgan fingerprint density at radius 2 is 1.16 bits per heavy atom. The van der Waals surface area contributed by atoms with Crippen LogP contribution in [0.4, 0.5) is 0 Å². The molecule has 0 fully saturated rings. The minimum atomic E-state index is -0.139. The Hall–Kier alpha value is -2.93. The van der Waals surface area contributed by atoms with Crippen molar-refractivity contribution in [3.05, 3.63) is 121 Å². The Morgan fingerprint density at radius 3 is 1.78 bits per heavy atom. The fourth-order valence-electron chi connectivity index (χ4n) is 3.29. The first-order chi connectivity index (χ1) is 15.2. The van der Waals surface area contributed by atoms with Gasteiger partial charge >= 0.3 is 0 Å². The number of carbonyl (C=O) groups excluding carboxylic acids is 2. The van der Waals surface area contributed by atoms with Gasteiger partial charge in [0, 0.05) is 71.6 Å². The third-order valence-corrected chi connectivity index (χ3v) is 4.87. The van der Waals surface area contributed by atoms with Crippen LogP contribution in [0.2, 0.25) is 0 Å². The molecule has 5 heteroatoms. The van der Waals surface area contributed by atoms with E-state index < -0.39 is 0 Å². The molecule has 0 atom stereocenters. The molecule has 0 spiro atoms. The summed E-state index contributed by atoms with van der Waals surface area (Å²) in [7, 11) is 0. The summed E-state index contributed by atoms with van der Waals surface area (Å²) in [6, 6.07) is 29.8. The fraction of sp³-hybridized carbons (Fsp3) is 0.0370. The number of rotatable bonds is 4. The van der Waals surface area contributed by atoms with Crippen LogP contribution in [0, 0.1) is 37.3 Å². The number of aromatic nitrogens is 2. The smallest absolute Gasteiger partial charge is 0.170 e. The van der Waals surface area contributed by atoms with Crippen molar-refractivity contribution >= 4 is 33.4 Å². The van der Waals surface area contributed by atoms with Gasteiger partial charge in [0.1, 0.15) is 0 Å². The first kappa shape index (κ1) is 23.7. The zero-order chi connectivity index (χ0) is 21.5. The van der Waals surface area contributed by atoms with E-state index in [0.717, 1.165) is 21.8 Å². The fourth-order valence-corrected chi connectivity index (χ4v) is 3.29. The topological polar surface area (TPSA) is 59.9 Å². The minimum Gasteiger partial charge on any atom is -0.294 e. The average Bonchev–Trinajstić information content (AvgIpc) is 2.85. The minimum absolute atomic E-state index is 0. The van der Waals surface area contributed by atoms with Crippen molar-refractivity contribution in [3.63, 3.8) is 0 Å². The predicted molar refractivity (Wildman–Crippen MR) is 123 cm³/mol. The first-order valence-electron chi connectivity index (χ1n) is 9.97. The average molecular weight is 572 g/mol. The molecule has 4 nitrogen and oxygen atoms in total. The summed E-state index contributed by atoms with van der Waals surface area (Å²) in [4.78, 5) is 32.3.